The summed E-state index contributed by atoms with van der Waals surface area (Å²) in [5.41, 5.74) is 2.26. The zero-order valence-electron chi connectivity index (χ0n) is 22.2. The van der Waals surface area contributed by atoms with Crippen LogP contribution < -0.4 is 9.47 Å². The Morgan fingerprint density at radius 3 is 2.37 bits per heavy atom. The third kappa shape index (κ3) is 5.28. The first-order chi connectivity index (χ1) is 18.0. The number of halogens is 1. The lowest BCUT2D eigenvalue weighted by Gasteiger charge is -2.27. The quantitative estimate of drug-likeness (QED) is 0.231. The van der Waals surface area contributed by atoms with Crippen LogP contribution in [0.4, 0.5) is 4.39 Å². The Labute approximate surface area is 222 Å². The molecular formula is C31H32FNO5. The van der Waals surface area contributed by atoms with Gasteiger partial charge < -0.3 is 19.5 Å². The van der Waals surface area contributed by atoms with Crippen LogP contribution >= 0.6 is 0 Å². The van der Waals surface area contributed by atoms with E-state index in [1.165, 1.54) is 24.1 Å². The van der Waals surface area contributed by atoms with Crippen molar-refractivity contribution in [1.29, 1.82) is 0 Å². The molecule has 1 unspecified atom stereocenters. The number of methoxy groups -OCH3 is 1. The van der Waals surface area contributed by atoms with Crippen LogP contribution in [-0.4, -0.2) is 35.4 Å². The van der Waals surface area contributed by atoms with E-state index in [2.05, 4.69) is 20.8 Å². The van der Waals surface area contributed by atoms with E-state index in [1.807, 2.05) is 55.5 Å². The number of nitrogens with zero attached hydrogens (tertiary/aromatic N) is 1. The van der Waals surface area contributed by atoms with Crippen molar-refractivity contribution >= 4 is 17.4 Å². The summed E-state index contributed by atoms with van der Waals surface area (Å²) in [6.07, 6.45) is 0. The van der Waals surface area contributed by atoms with Crippen molar-refractivity contribution < 1.29 is 28.6 Å². The fourth-order valence-corrected chi connectivity index (χ4v) is 4.66. The van der Waals surface area contributed by atoms with E-state index in [0.717, 1.165) is 17.2 Å². The summed E-state index contributed by atoms with van der Waals surface area (Å²) < 4.78 is 25.1. The van der Waals surface area contributed by atoms with E-state index in [1.54, 1.807) is 0 Å². The fourth-order valence-electron chi connectivity index (χ4n) is 4.66. The highest BCUT2D eigenvalue weighted by atomic mass is 19.1. The molecule has 1 N–H and O–H groups in total. The molecule has 0 spiro atoms. The Morgan fingerprint density at radius 2 is 1.74 bits per heavy atom. The SMILES string of the molecule is CCOc1cccc(CN2C(=O)C(=O)/C(=C(/O)c3cc(F)ccc3OC)C2c2ccc(C(C)(C)C)cc2)c1. The Hall–Kier alpha value is -4.13. The molecule has 1 fully saturated rings. The zero-order chi connectivity index (χ0) is 27.6. The van der Waals surface area contributed by atoms with Gasteiger partial charge in [0.25, 0.3) is 11.7 Å². The van der Waals surface area contributed by atoms with Gasteiger partial charge in [0.05, 0.1) is 30.9 Å². The van der Waals surface area contributed by atoms with Gasteiger partial charge >= 0.3 is 0 Å². The third-order valence-electron chi connectivity index (χ3n) is 6.61. The van der Waals surface area contributed by atoms with Gasteiger partial charge in [-0.1, -0.05) is 57.2 Å². The van der Waals surface area contributed by atoms with Crippen LogP contribution in [0.1, 0.15) is 56.0 Å². The van der Waals surface area contributed by atoms with Crippen LogP contribution in [0, 0.1) is 5.82 Å². The molecule has 4 rings (SSSR count). The molecule has 198 valence electrons. The summed E-state index contributed by atoms with van der Waals surface area (Å²) >= 11 is 0. The van der Waals surface area contributed by atoms with Gasteiger partial charge in [-0.2, -0.15) is 0 Å². The highest BCUT2D eigenvalue weighted by molar-refractivity contribution is 6.46. The van der Waals surface area contributed by atoms with Crippen LogP contribution in [0.15, 0.2) is 72.3 Å². The van der Waals surface area contributed by atoms with Crippen LogP contribution in [0.3, 0.4) is 0 Å². The monoisotopic (exact) mass is 517 g/mol. The van der Waals surface area contributed by atoms with Crippen molar-refractivity contribution in [2.45, 2.75) is 45.7 Å². The van der Waals surface area contributed by atoms with Crippen LogP contribution in [-0.2, 0) is 21.5 Å². The molecule has 7 heteroatoms. The van der Waals surface area contributed by atoms with Crippen molar-refractivity contribution in [2.24, 2.45) is 0 Å². The number of aliphatic hydroxyl groups excluding tert-OH is 1. The Balaban J connectivity index is 1.88. The third-order valence-corrected chi connectivity index (χ3v) is 6.61. The Morgan fingerprint density at radius 1 is 1.03 bits per heavy atom. The van der Waals surface area contributed by atoms with Gasteiger partial charge in [-0.3, -0.25) is 9.59 Å². The molecule has 3 aromatic carbocycles. The number of aliphatic hydroxyl groups is 1. The number of benzene rings is 3. The molecule has 1 saturated heterocycles. The minimum Gasteiger partial charge on any atom is -0.507 e. The number of ether oxygens (including phenoxy) is 2. The van der Waals surface area contributed by atoms with E-state index in [9.17, 15) is 19.1 Å². The van der Waals surface area contributed by atoms with Gasteiger partial charge in [0.2, 0.25) is 0 Å². The molecule has 38 heavy (non-hydrogen) atoms. The number of carbonyl (C=O) groups excluding carboxylic acids is 2. The van der Waals surface area contributed by atoms with Gasteiger partial charge in [-0.05, 0) is 59.4 Å². The molecule has 1 heterocycles. The molecule has 0 radical (unpaired) electrons. The predicted octanol–water partition coefficient (Wildman–Crippen LogP) is 6.15. The number of ketones is 1. The lowest BCUT2D eigenvalue weighted by Crippen LogP contribution is -2.29. The van der Waals surface area contributed by atoms with E-state index in [4.69, 9.17) is 9.47 Å². The second-order valence-electron chi connectivity index (χ2n) is 10.2. The van der Waals surface area contributed by atoms with Crippen molar-refractivity contribution in [3.8, 4) is 11.5 Å². The summed E-state index contributed by atoms with van der Waals surface area (Å²) in [5, 5.41) is 11.4. The maximum absolute atomic E-state index is 14.2. The fraction of sp³-hybridized carbons (Fsp3) is 0.290. The summed E-state index contributed by atoms with van der Waals surface area (Å²) in [6, 6.07) is 17.7. The second kappa shape index (κ2) is 10.7. The maximum Gasteiger partial charge on any atom is 0.295 e. The summed E-state index contributed by atoms with van der Waals surface area (Å²) in [4.78, 5) is 28.2. The second-order valence-corrected chi connectivity index (χ2v) is 10.2. The highest BCUT2D eigenvalue weighted by Crippen LogP contribution is 2.42. The normalized spacial score (nSPS) is 17.1. The van der Waals surface area contributed by atoms with Crippen LogP contribution in [0.25, 0.3) is 5.76 Å². The molecular weight excluding hydrogens is 485 g/mol. The van der Waals surface area contributed by atoms with Gasteiger partial charge in [-0.25, -0.2) is 4.39 Å². The Kier molecular flexibility index (Phi) is 7.58. The highest BCUT2D eigenvalue weighted by Gasteiger charge is 2.46. The number of rotatable bonds is 7. The minimum atomic E-state index is -0.896. The van der Waals surface area contributed by atoms with Gasteiger partial charge in [0, 0.05) is 6.54 Å². The van der Waals surface area contributed by atoms with Crippen LogP contribution in [0.5, 0.6) is 11.5 Å². The van der Waals surface area contributed by atoms with Gasteiger partial charge in [-0.15, -0.1) is 0 Å². The maximum atomic E-state index is 14.2. The van der Waals surface area contributed by atoms with Crippen molar-refractivity contribution in [3.63, 3.8) is 0 Å². The Bertz CT molecular complexity index is 1390. The smallest absolute Gasteiger partial charge is 0.295 e. The minimum absolute atomic E-state index is 0.000143. The molecule has 0 aromatic heterocycles. The number of amides is 1. The molecule has 1 aliphatic heterocycles. The molecule has 3 aromatic rings. The molecule has 0 aliphatic carbocycles. The summed E-state index contributed by atoms with van der Waals surface area (Å²) in [6.45, 7) is 8.76. The van der Waals surface area contributed by atoms with E-state index in [0.29, 0.717) is 17.9 Å². The first-order valence-corrected chi connectivity index (χ1v) is 12.5. The number of Topliss-reactive ketones (excluding diaryl/α,β-unsaturated/α-hetero) is 1. The van der Waals surface area contributed by atoms with E-state index >= 15 is 0 Å². The summed E-state index contributed by atoms with van der Waals surface area (Å²) in [7, 11) is 1.39. The average molecular weight is 518 g/mol. The number of hydrogen-bond acceptors (Lipinski definition) is 5. The number of likely N-dealkylation sites (tertiary alicyclic amines) is 1. The molecule has 1 aliphatic rings. The van der Waals surface area contributed by atoms with Crippen LogP contribution in [0.2, 0.25) is 0 Å². The molecule has 6 nitrogen and oxygen atoms in total. The van der Waals surface area contributed by atoms with Crippen molar-refractivity contribution in [1.82, 2.24) is 4.90 Å². The zero-order valence-corrected chi connectivity index (χ0v) is 22.2. The predicted molar refractivity (Wildman–Crippen MR) is 144 cm³/mol. The largest absolute Gasteiger partial charge is 0.507 e. The first-order valence-electron chi connectivity index (χ1n) is 12.5. The van der Waals surface area contributed by atoms with Gasteiger partial charge in [0.1, 0.15) is 23.1 Å². The van der Waals surface area contributed by atoms with E-state index in [-0.39, 0.29) is 28.8 Å². The average Bonchev–Trinajstić information content (AvgIpc) is 3.13. The van der Waals surface area contributed by atoms with E-state index < -0.39 is 29.3 Å². The topological polar surface area (TPSA) is 76.1 Å². The molecule has 0 saturated carbocycles. The first kappa shape index (κ1) is 26.9. The van der Waals surface area contributed by atoms with Crippen molar-refractivity contribution in [3.05, 3.63) is 100 Å². The van der Waals surface area contributed by atoms with Gasteiger partial charge in [0.15, 0.2) is 0 Å². The lowest BCUT2D eigenvalue weighted by atomic mass is 9.85. The standard InChI is InChI=1S/C31H32FNO5/c1-6-38-23-9-7-8-19(16-23)18-33-27(20-10-12-21(13-11-20)31(2,3)4)26(29(35)30(33)36)28(34)24-17-22(32)14-15-25(24)37-5/h7-17,27,34H,6,18H2,1-5H3/b28-26+. The summed E-state index contributed by atoms with van der Waals surface area (Å²) in [5.74, 6) is -1.87. The lowest BCUT2D eigenvalue weighted by molar-refractivity contribution is -0.140. The number of hydrogen-bond donors (Lipinski definition) is 1. The molecule has 1 atom stereocenters. The number of carbonyl (C=O) groups is 2. The molecule has 0 bridgehead atoms. The van der Waals surface area contributed by atoms with Crippen molar-refractivity contribution in [2.75, 3.05) is 13.7 Å². The molecule has 1 amide bonds.